The maximum absolute atomic E-state index is 4.06. The fraction of sp³-hybridized carbons (Fsp3) is 0.500. The van der Waals surface area contributed by atoms with Crippen LogP contribution in [0.25, 0.3) is 0 Å². The van der Waals surface area contributed by atoms with Gasteiger partial charge in [0.1, 0.15) is 0 Å². The van der Waals surface area contributed by atoms with E-state index >= 15 is 0 Å². The molecule has 0 aliphatic heterocycles. The van der Waals surface area contributed by atoms with Gasteiger partial charge in [0.2, 0.25) is 0 Å². The zero-order valence-corrected chi connectivity index (χ0v) is 6.33. The van der Waals surface area contributed by atoms with Gasteiger partial charge in [-0.05, 0) is 20.1 Å². The number of hydrogen-bond donors (Lipinski definition) is 0. The lowest BCUT2D eigenvalue weighted by Crippen LogP contribution is -1.76. The smallest absolute Gasteiger partial charge is 0.0697 e. The van der Waals surface area contributed by atoms with Gasteiger partial charge in [0.15, 0.2) is 0 Å². The van der Waals surface area contributed by atoms with Gasteiger partial charge in [-0.15, -0.1) is 11.8 Å². The topological polar surface area (TPSA) is 12.4 Å². The second kappa shape index (κ2) is 4.91. The zero-order chi connectivity index (χ0) is 6.41. The number of rotatable bonds is 1. The Balaban J connectivity index is 3.57. The minimum absolute atomic E-state index is 1.10. The lowest BCUT2D eigenvalue weighted by molar-refractivity contribution is 1.53. The van der Waals surface area contributed by atoms with E-state index in [2.05, 4.69) is 4.99 Å². The van der Waals surface area contributed by atoms with Crippen LogP contribution in [0.15, 0.2) is 17.3 Å². The molecule has 0 atom stereocenters. The van der Waals surface area contributed by atoms with Gasteiger partial charge < -0.3 is 0 Å². The van der Waals surface area contributed by atoms with Crippen molar-refractivity contribution < 1.29 is 0 Å². The van der Waals surface area contributed by atoms with E-state index in [0.717, 1.165) is 5.04 Å². The van der Waals surface area contributed by atoms with Gasteiger partial charge in [0.25, 0.3) is 0 Å². The molecule has 8 heavy (non-hydrogen) atoms. The Hall–Kier alpha value is -0.240. The number of nitrogens with zero attached hydrogens (tertiary/aromatic N) is 1. The van der Waals surface area contributed by atoms with Crippen molar-refractivity contribution in [1.29, 1.82) is 0 Å². The quantitative estimate of drug-likeness (QED) is 0.391. The summed E-state index contributed by atoms with van der Waals surface area (Å²) in [6, 6.07) is 0. The SMILES string of the molecule is C/C=C\N=C(C)SC. The summed E-state index contributed by atoms with van der Waals surface area (Å²) in [6.45, 7) is 3.95. The van der Waals surface area contributed by atoms with Gasteiger partial charge in [-0.2, -0.15) is 0 Å². The van der Waals surface area contributed by atoms with E-state index in [0.29, 0.717) is 0 Å². The van der Waals surface area contributed by atoms with E-state index in [1.54, 1.807) is 18.0 Å². The number of thioether (sulfide) groups is 1. The molecule has 0 heterocycles. The molecule has 0 bridgehead atoms. The van der Waals surface area contributed by atoms with Crippen LogP contribution in [-0.4, -0.2) is 11.3 Å². The molecule has 0 aromatic heterocycles. The predicted octanol–water partition coefficient (Wildman–Crippen LogP) is 2.30. The van der Waals surface area contributed by atoms with Crippen molar-refractivity contribution in [3.8, 4) is 0 Å². The van der Waals surface area contributed by atoms with E-state index in [1.165, 1.54) is 0 Å². The van der Waals surface area contributed by atoms with Crippen LogP contribution in [0.1, 0.15) is 13.8 Å². The summed E-state index contributed by atoms with van der Waals surface area (Å²) < 4.78 is 0. The van der Waals surface area contributed by atoms with Gasteiger partial charge >= 0.3 is 0 Å². The Morgan fingerprint density at radius 2 is 2.25 bits per heavy atom. The van der Waals surface area contributed by atoms with Gasteiger partial charge in [-0.1, -0.05) is 6.08 Å². The van der Waals surface area contributed by atoms with Crippen molar-refractivity contribution in [3.63, 3.8) is 0 Å². The molecule has 2 heteroatoms. The monoisotopic (exact) mass is 129 g/mol. The average Bonchev–Trinajstić information content (AvgIpc) is 1.83. The first-order chi connectivity index (χ1) is 3.81. The third kappa shape index (κ3) is 3.93. The van der Waals surface area contributed by atoms with E-state index in [9.17, 15) is 0 Å². The predicted molar refractivity (Wildman–Crippen MR) is 41.4 cm³/mol. The normalized spacial score (nSPS) is 13.1. The molecule has 0 saturated heterocycles. The van der Waals surface area contributed by atoms with E-state index in [-0.39, 0.29) is 0 Å². The fourth-order valence-corrected chi connectivity index (χ4v) is 0.398. The summed E-state index contributed by atoms with van der Waals surface area (Å²) in [5.41, 5.74) is 0. The van der Waals surface area contributed by atoms with Crippen LogP contribution < -0.4 is 0 Å². The summed E-state index contributed by atoms with van der Waals surface area (Å²) in [5, 5.41) is 1.10. The van der Waals surface area contributed by atoms with Gasteiger partial charge in [0.05, 0.1) is 5.04 Å². The van der Waals surface area contributed by atoms with Crippen molar-refractivity contribution in [2.45, 2.75) is 13.8 Å². The zero-order valence-electron chi connectivity index (χ0n) is 5.51. The fourth-order valence-electron chi connectivity index (χ4n) is 0.232. The molecule has 0 aliphatic rings. The highest BCUT2D eigenvalue weighted by atomic mass is 32.2. The van der Waals surface area contributed by atoms with Crippen molar-refractivity contribution in [2.75, 3.05) is 6.26 Å². The van der Waals surface area contributed by atoms with Crippen LogP contribution in [0.3, 0.4) is 0 Å². The van der Waals surface area contributed by atoms with Crippen LogP contribution in [0, 0.1) is 0 Å². The third-order valence-electron chi connectivity index (χ3n) is 0.701. The van der Waals surface area contributed by atoms with E-state index in [1.807, 2.05) is 26.2 Å². The van der Waals surface area contributed by atoms with Gasteiger partial charge in [0, 0.05) is 6.20 Å². The molecule has 0 fully saturated rings. The highest BCUT2D eigenvalue weighted by Gasteiger charge is 1.77. The molecule has 0 radical (unpaired) electrons. The van der Waals surface area contributed by atoms with E-state index < -0.39 is 0 Å². The summed E-state index contributed by atoms with van der Waals surface area (Å²) in [5.74, 6) is 0. The molecule has 0 spiro atoms. The summed E-state index contributed by atoms with van der Waals surface area (Å²) >= 11 is 1.66. The lowest BCUT2D eigenvalue weighted by Gasteiger charge is -1.85. The first kappa shape index (κ1) is 7.76. The van der Waals surface area contributed by atoms with Crippen molar-refractivity contribution in [1.82, 2.24) is 0 Å². The maximum atomic E-state index is 4.06. The number of allylic oxidation sites excluding steroid dienone is 1. The Labute approximate surface area is 54.9 Å². The molecule has 0 rings (SSSR count). The Morgan fingerprint density at radius 1 is 1.62 bits per heavy atom. The Kier molecular flexibility index (Phi) is 4.76. The standard InChI is InChI=1S/C6H11NS/c1-4-5-7-6(2)8-3/h4-5H,1-3H3/b5-4-,7-6?. The second-order valence-electron chi connectivity index (χ2n) is 1.33. The van der Waals surface area contributed by atoms with Crippen LogP contribution in [0.2, 0.25) is 0 Å². The molecule has 0 aliphatic carbocycles. The van der Waals surface area contributed by atoms with Crippen LogP contribution in [-0.2, 0) is 0 Å². The third-order valence-corrected chi connectivity index (χ3v) is 1.40. The van der Waals surface area contributed by atoms with Crippen LogP contribution in [0.4, 0.5) is 0 Å². The summed E-state index contributed by atoms with van der Waals surface area (Å²) in [6.07, 6.45) is 5.73. The largest absolute Gasteiger partial charge is 0.255 e. The molecular weight excluding hydrogens is 118 g/mol. The van der Waals surface area contributed by atoms with Crippen molar-refractivity contribution >= 4 is 16.8 Å². The molecule has 0 aromatic rings. The lowest BCUT2D eigenvalue weighted by atomic mass is 10.7. The molecular formula is C6H11NS. The minimum atomic E-state index is 1.10. The number of hydrogen-bond acceptors (Lipinski definition) is 2. The number of aliphatic imine (C=N–C) groups is 1. The Morgan fingerprint density at radius 3 is 2.62 bits per heavy atom. The minimum Gasteiger partial charge on any atom is -0.255 e. The summed E-state index contributed by atoms with van der Waals surface area (Å²) in [4.78, 5) is 4.06. The molecule has 0 aromatic carbocycles. The van der Waals surface area contributed by atoms with Crippen molar-refractivity contribution in [3.05, 3.63) is 12.3 Å². The molecule has 0 N–H and O–H groups in total. The second-order valence-corrected chi connectivity index (χ2v) is 2.33. The highest BCUT2D eigenvalue weighted by Crippen LogP contribution is 1.95. The highest BCUT2D eigenvalue weighted by molar-refractivity contribution is 8.13. The van der Waals surface area contributed by atoms with Crippen LogP contribution >= 0.6 is 11.8 Å². The van der Waals surface area contributed by atoms with Crippen LogP contribution in [0.5, 0.6) is 0 Å². The molecule has 1 nitrogen and oxygen atoms in total. The van der Waals surface area contributed by atoms with Crippen molar-refractivity contribution in [2.24, 2.45) is 4.99 Å². The molecule has 0 amide bonds. The van der Waals surface area contributed by atoms with Gasteiger partial charge in [-0.3, -0.25) is 4.99 Å². The molecule has 0 unspecified atom stereocenters. The van der Waals surface area contributed by atoms with Gasteiger partial charge in [-0.25, -0.2) is 0 Å². The Bertz CT molecular complexity index is 105. The molecule has 46 valence electrons. The maximum Gasteiger partial charge on any atom is 0.0697 e. The average molecular weight is 129 g/mol. The molecule has 0 saturated carbocycles. The first-order valence-electron chi connectivity index (χ1n) is 2.50. The van der Waals surface area contributed by atoms with E-state index in [4.69, 9.17) is 0 Å². The summed E-state index contributed by atoms with van der Waals surface area (Å²) in [7, 11) is 0. The first-order valence-corrected chi connectivity index (χ1v) is 3.73.